The predicted octanol–water partition coefficient (Wildman–Crippen LogP) is 0.944. The summed E-state index contributed by atoms with van der Waals surface area (Å²) < 4.78 is 6.68. The lowest BCUT2D eigenvalue weighted by Gasteiger charge is -1.97. The van der Waals surface area contributed by atoms with Gasteiger partial charge in [-0.2, -0.15) is 9.98 Å². The number of rotatable bonds is 2. The third-order valence-corrected chi connectivity index (χ3v) is 2.03. The van der Waals surface area contributed by atoms with Gasteiger partial charge in [-0.3, -0.25) is 0 Å². The second kappa shape index (κ2) is 3.51. The molecule has 0 atom stereocenters. The molecule has 0 unspecified atom stereocenters. The summed E-state index contributed by atoms with van der Waals surface area (Å²) in [5.74, 6) is 0. The number of aryl methyl sites for hydroxylation is 1. The van der Waals surface area contributed by atoms with Crippen molar-refractivity contribution in [2.75, 3.05) is 7.11 Å². The maximum Gasteiger partial charge on any atom is 0.316 e. The molecule has 0 aliphatic heterocycles. The van der Waals surface area contributed by atoms with E-state index in [4.69, 9.17) is 4.74 Å². The normalized spacial score (nSPS) is 10.0. The zero-order valence-electron chi connectivity index (χ0n) is 8.26. The monoisotopic (exact) mass is 204 g/mol. The minimum atomic E-state index is 0.246. The number of aromatic nitrogens is 3. The highest BCUT2D eigenvalue weighted by molar-refractivity contribution is 5.88. The molecule has 0 amide bonds. The molecule has 0 spiro atoms. The summed E-state index contributed by atoms with van der Waals surface area (Å²) in [7, 11) is 3.30. The Hall–Kier alpha value is -2.20. The third kappa shape index (κ3) is 1.47. The zero-order chi connectivity index (χ0) is 10.8. The van der Waals surface area contributed by atoms with Gasteiger partial charge < -0.3 is 9.30 Å². The highest BCUT2D eigenvalue weighted by Crippen LogP contribution is 2.26. The number of nitrogens with zero attached hydrogens (tertiary/aromatic N) is 4. The Balaban J connectivity index is 2.76. The fourth-order valence-corrected chi connectivity index (χ4v) is 1.35. The summed E-state index contributed by atoms with van der Waals surface area (Å²) in [6.07, 6.45) is 4.79. The number of ether oxygens (including phenoxy) is 1. The molecule has 0 fully saturated rings. The highest BCUT2D eigenvalue weighted by Gasteiger charge is 2.09. The predicted molar refractivity (Wildman–Crippen MR) is 52.8 cm³/mol. The van der Waals surface area contributed by atoms with E-state index in [0.717, 1.165) is 5.52 Å². The van der Waals surface area contributed by atoms with Gasteiger partial charge in [-0.15, -0.1) is 0 Å². The van der Waals surface area contributed by atoms with Gasteiger partial charge >= 0.3 is 6.01 Å². The fourth-order valence-electron chi connectivity index (χ4n) is 1.35. The van der Waals surface area contributed by atoms with Crippen molar-refractivity contribution in [1.82, 2.24) is 14.5 Å². The molecule has 2 aromatic heterocycles. The van der Waals surface area contributed by atoms with Crippen LogP contribution in [0, 0.1) is 0 Å². The summed E-state index contributed by atoms with van der Waals surface area (Å²) in [4.78, 5) is 21.8. The maximum atomic E-state index is 10.2. The molecule has 0 radical (unpaired) electrons. The summed E-state index contributed by atoms with van der Waals surface area (Å²) in [5, 5.41) is 0. The van der Waals surface area contributed by atoms with Crippen LogP contribution in [-0.4, -0.2) is 27.7 Å². The van der Waals surface area contributed by atoms with Crippen LogP contribution in [0.3, 0.4) is 0 Å². The van der Waals surface area contributed by atoms with Gasteiger partial charge in [0.1, 0.15) is 11.2 Å². The average Bonchev–Trinajstić information content (AvgIpc) is 2.56. The van der Waals surface area contributed by atoms with Gasteiger partial charge in [-0.1, -0.05) is 0 Å². The van der Waals surface area contributed by atoms with Crippen molar-refractivity contribution >= 4 is 22.8 Å². The largest absolute Gasteiger partial charge is 0.467 e. The average molecular weight is 204 g/mol. The van der Waals surface area contributed by atoms with Crippen LogP contribution in [0.5, 0.6) is 6.01 Å². The Morgan fingerprint density at radius 1 is 1.60 bits per heavy atom. The molecular weight excluding hydrogens is 196 g/mol. The Labute approximate surface area is 85.2 Å². The molecule has 76 valence electrons. The van der Waals surface area contributed by atoms with Crippen LogP contribution in [0.1, 0.15) is 0 Å². The molecule has 2 aromatic rings. The minimum absolute atomic E-state index is 0.246. The van der Waals surface area contributed by atoms with Crippen molar-refractivity contribution in [3.8, 4) is 6.01 Å². The topological polar surface area (TPSA) is 69.4 Å². The van der Waals surface area contributed by atoms with Gasteiger partial charge in [0.25, 0.3) is 0 Å². The van der Waals surface area contributed by atoms with Gasteiger partial charge in [0.2, 0.25) is 6.08 Å². The van der Waals surface area contributed by atoms with Crippen molar-refractivity contribution < 1.29 is 9.53 Å². The van der Waals surface area contributed by atoms with E-state index in [9.17, 15) is 4.79 Å². The Morgan fingerprint density at radius 3 is 3.07 bits per heavy atom. The summed E-state index contributed by atoms with van der Waals surface area (Å²) in [5.41, 5.74) is 1.82. The van der Waals surface area contributed by atoms with E-state index in [-0.39, 0.29) is 6.01 Å². The summed E-state index contributed by atoms with van der Waals surface area (Å²) in [6.45, 7) is 0. The minimum Gasteiger partial charge on any atom is -0.467 e. The van der Waals surface area contributed by atoms with Gasteiger partial charge in [-0.05, 0) is 0 Å². The fraction of sp³-hybridized carbons (Fsp3) is 0.222. The van der Waals surface area contributed by atoms with Gasteiger partial charge in [0.05, 0.1) is 18.8 Å². The first kappa shape index (κ1) is 9.36. The van der Waals surface area contributed by atoms with Gasteiger partial charge in [0, 0.05) is 13.2 Å². The van der Waals surface area contributed by atoms with Gasteiger partial charge in [0.15, 0.2) is 0 Å². The molecule has 0 aromatic carbocycles. The zero-order valence-corrected chi connectivity index (χ0v) is 8.26. The molecule has 0 bridgehead atoms. The summed E-state index contributed by atoms with van der Waals surface area (Å²) >= 11 is 0. The van der Waals surface area contributed by atoms with Gasteiger partial charge in [-0.25, -0.2) is 9.78 Å². The third-order valence-electron chi connectivity index (χ3n) is 2.03. The first-order valence-corrected chi connectivity index (χ1v) is 4.20. The lowest BCUT2D eigenvalue weighted by Crippen LogP contribution is -1.92. The quantitative estimate of drug-likeness (QED) is 0.539. The first-order valence-electron chi connectivity index (χ1n) is 4.20. The van der Waals surface area contributed by atoms with E-state index in [0.29, 0.717) is 11.2 Å². The van der Waals surface area contributed by atoms with E-state index in [1.54, 1.807) is 17.0 Å². The van der Waals surface area contributed by atoms with Crippen LogP contribution in [0.25, 0.3) is 11.0 Å². The Bertz CT molecular complexity index is 554. The van der Waals surface area contributed by atoms with Crippen LogP contribution < -0.4 is 4.74 Å². The molecule has 0 aliphatic rings. The van der Waals surface area contributed by atoms with Crippen LogP contribution in [0.2, 0.25) is 0 Å². The van der Waals surface area contributed by atoms with Crippen molar-refractivity contribution in [2.45, 2.75) is 0 Å². The standard InChI is InChI=1S/C9H8N4O2/c1-13-4-6(11-5-14)8-7(13)3-10-9(12-8)15-2/h3-4H,1-2H3. The van der Waals surface area contributed by atoms with E-state index in [1.807, 2.05) is 7.05 Å². The lowest BCUT2D eigenvalue weighted by atomic mass is 10.4. The lowest BCUT2D eigenvalue weighted by molar-refractivity contribution is 0.382. The molecule has 0 N–H and O–H groups in total. The number of isocyanates is 1. The van der Waals surface area contributed by atoms with E-state index < -0.39 is 0 Å². The smallest absolute Gasteiger partial charge is 0.316 e. The number of carbonyl (C=O) groups excluding carboxylic acids is 1. The Kier molecular flexibility index (Phi) is 2.19. The number of aliphatic imine (C=N–C) groups is 1. The summed E-state index contributed by atoms with van der Waals surface area (Å²) in [6, 6.07) is 0.246. The first-order chi connectivity index (χ1) is 7.26. The van der Waals surface area contributed by atoms with Crippen molar-refractivity contribution in [3.05, 3.63) is 12.4 Å². The number of hydrogen-bond donors (Lipinski definition) is 0. The van der Waals surface area contributed by atoms with E-state index >= 15 is 0 Å². The van der Waals surface area contributed by atoms with Crippen molar-refractivity contribution in [1.29, 1.82) is 0 Å². The number of fused-ring (bicyclic) bond motifs is 1. The van der Waals surface area contributed by atoms with E-state index in [2.05, 4.69) is 15.0 Å². The van der Waals surface area contributed by atoms with Crippen LogP contribution >= 0.6 is 0 Å². The molecule has 0 saturated heterocycles. The second-order valence-corrected chi connectivity index (χ2v) is 2.92. The molecule has 15 heavy (non-hydrogen) atoms. The Morgan fingerprint density at radius 2 is 2.40 bits per heavy atom. The second-order valence-electron chi connectivity index (χ2n) is 2.92. The molecule has 6 heteroatoms. The number of hydrogen-bond acceptors (Lipinski definition) is 5. The van der Waals surface area contributed by atoms with E-state index in [1.165, 1.54) is 13.2 Å². The molecule has 0 aliphatic carbocycles. The van der Waals surface area contributed by atoms with Crippen LogP contribution in [-0.2, 0) is 11.8 Å². The van der Waals surface area contributed by atoms with Crippen LogP contribution in [0.4, 0.5) is 5.69 Å². The molecule has 2 heterocycles. The number of methoxy groups -OCH3 is 1. The van der Waals surface area contributed by atoms with Crippen LogP contribution in [0.15, 0.2) is 17.4 Å². The molecular formula is C9H8N4O2. The maximum absolute atomic E-state index is 10.2. The van der Waals surface area contributed by atoms with Crippen molar-refractivity contribution in [2.24, 2.45) is 12.0 Å². The molecule has 2 rings (SSSR count). The van der Waals surface area contributed by atoms with Crippen molar-refractivity contribution in [3.63, 3.8) is 0 Å². The highest BCUT2D eigenvalue weighted by atomic mass is 16.5. The molecule has 6 nitrogen and oxygen atoms in total. The molecule has 0 saturated carbocycles. The SMILES string of the molecule is COc1ncc2c(n1)c(N=C=O)cn2C.